The second kappa shape index (κ2) is 11.0. The molecule has 2 aromatic rings. The number of hydrogen-bond donors (Lipinski definition) is 4. The molecule has 0 aromatic heterocycles. The fourth-order valence-electron chi connectivity index (χ4n) is 5.28. The lowest BCUT2D eigenvalue weighted by Crippen LogP contribution is -2.48. The summed E-state index contributed by atoms with van der Waals surface area (Å²) in [6.45, 7) is 6.82. The first-order chi connectivity index (χ1) is 18.3. The molecular formula is C29H33F3N6O. The number of benzene rings is 2. The van der Waals surface area contributed by atoms with Gasteiger partial charge in [-0.25, -0.2) is 4.79 Å². The van der Waals surface area contributed by atoms with E-state index in [0.29, 0.717) is 33.8 Å². The summed E-state index contributed by atoms with van der Waals surface area (Å²) >= 11 is 0. The smallest absolute Gasteiger partial charge is 0.401 e. The van der Waals surface area contributed by atoms with Crippen molar-refractivity contribution in [3.05, 3.63) is 94.7 Å². The Hall–Kier alpha value is -4.05. The van der Waals surface area contributed by atoms with E-state index in [1.54, 1.807) is 36.1 Å². The lowest BCUT2D eigenvalue weighted by Gasteiger charge is -2.37. The van der Waals surface area contributed by atoms with Gasteiger partial charge in [0.2, 0.25) is 0 Å². The fourth-order valence-corrected chi connectivity index (χ4v) is 5.28. The van der Waals surface area contributed by atoms with Gasteiger partial charge >= 0.3 is 12.2 Å². The molecule has 206 valence electrons. The lowest BCUT2D eigenvalue weighted by molar-refractivity contribution is -0.143. The Bertz CT molecular complexity index is 1340. The van der Waals surface area contributed by atoms with E-state index in [1.807, 2.05) is 37.3 Å². The Morgan fingerprint density at radius 1 is 1.18 bits per heavy atom. The Balaban J connectivity index is 1.68. The van der Waals surface area contributed by atoms with Crippen LogP contribution in [-0.4, -0.2) is 53.4 Å². The average Bonchev–Trinajstić information content (AvgIpc) is 3.24. The highest BCUT2D eigenvalue weighted by molar-refractivity contribution is 6.16. The number of urea groups is 1. The standard InChI is InChI=1S/C29H33F3N6O/c1-17(2)9-20(10-18(3)33)27(35)22-11-21-13-38(28(39)36-25(21)12-24(22)34)26-15-37(16-29(30,31)32)14-23(26)19-7-5-4-6-8-19/h4-12,23,26,35H,1,13-16,33-34H2,2-3H3,(H,36,39)/b18-10-,20-9+,35-27?/t23-,26+/m0/s1. The minimum absolute atomic E-state index is 0.0888. The molecule has 7 nitrogen and oxygen atoms in total. The summed E-state index contributed by atoms with van der Waals surface area (Å²) in [5.74, 6) is -0.296. The van der Waals surface area contributed by atoms with Crippen LogP contribution in [0.4, 0.5) is 29.3 Å². The molecule has 2 heterocycles. The largest absolute Gasteiger partial charge is 0.402 e. The van der Waals surface area contributed by atoms with Crippen LogP contribution < -0.4 is 16.8 Å². The Morgan fingerprint density at radius 2 is 1.87 bits per heavy atom. The number of carbonyl (C=O) groups excluding carboxylic acids is 1. The third-order valence-corrected chi connectivity index (χ3v) is 6.86. The molecule has 2 aliphatic heterocycles. The summed E-state index contributed by atoms with van der Waals surface area (Å²) in [7, 11) is 0. The molecule has 1 fully saturated rings. The highest BCUT2D eigenvalue weighted by Gasteiger charge is 2.44. The third-order valence-electron chi connectivity index (χ3n) is 6.86. The van der Waals surface area contributed by atoms with Gasteiger partial charge in [0.25, 0.3) is 0 Å². The van der Waals surface area contributed by atoms with Crippen molar-refractivity contribution in [1.29, 1.82) is 5.41 Å². The number of carbonyl (C=O) groups is 1. The molecule has 2 aliphatic rings. The van der Waals surface area contributed by atoms with Crippen molar-refractivity contribution >= 4 is 23.1 Å². The maximum atomic E-state index is 13.3. The highest BCUT2D eigenvalue weighted by Crippen LogP contribution is 2.37. The van der Waals surface area contributed by atoms with Crippen molar-refractivity contribution in [3.63, 3.8) is 0 Å². The number of halogens is 3. The van der Waals surface area contributed by atoms with E-state index in [-0.39, 0.29) is 31.3 Å². The van der Waals surface area contributed by atoms with E-state index < -0.39 is 24.8 Å². The zero-order valence-corrected chi connectivity index (χ0v) is 22.0. The normalized spacial score (nSPS) is 20.5. The van der Waals surface area contributed by atoms with Crippen LogP contribution in [0.25, 0.3) is 0 Å². The molecular weight excluding hydrogens is 505 g/mol. The van der Waals surface area contributed by atoms with Crippen molar-refractivity contribution in [2.45, 2.75) is 38.5 Å². The number of rotatable bonds is 7. The van der Waals surface area contributed by atoms with Crippen LogP contribution in [-0.2, 0) is 6.54 Å². The molecule has 2 atom stereocenters. The van der Waals surface area contributed by atoms with E-state index >= 15 is 0 Å². The number of nitrogens with zero attached hydrogens (tertiary/aromatic N) is 2. The van der Waals surface area contributed by atoms with Crippen LogP contribution in [0.15, 0.2) is 78.0 Å². The number of hydrogen-bond acceptors (Lipinski definition) is 5. The molecule has 0 bridgehead atoms. The fraction of sp³-hybridized carbons (Fsp3) is 0.310. The van der Waals surface area contributed by atoms with Crippen LogP contribution in [0.3, 0.4) is 0 Å². The summed E-state index contributed by atoms with van der Waals surface area (Å²) in [5.41, 5.74) is 17.0. The summed E-state index contributed by atoms with van der Waals surface area (Å²) < 4.78 is 39.8. The van der Waals surface area contributed by atoms with Crippen LogP contribution in [0.5, 0.6) is 0 Å². The Kier molecular flexibility index (Phi) is 7.87. The number of allylic oxidation sites excluding steroid dienone is 5. The second-order valence-electron chi connectivity index (χ2n) is 10.3. The van der Waals surface area contributed by atoms with Gasteiger partial charge < -0.3 is 21.7 Å². The summed E-state index contributed by atoms with van der Waals surface area (Å²) in [6, 6.07) is 11.8. The Labute approximate surface area is 226 Å². The van der Waals surface area contributed by atoms with Crippen LogP contribution in [0.1, 0.15) is 36.5 Å². The number of amides is 2. The van der Waals surface area contributed by atoms with Gasteiger partial charge in [-0.15, -0.1) is 0 Å². The van der Waals surface area contributed by atoms with Gasteiger partial charge in [0.1, 0.15) is 0 Å². The molecule has 10 heteroatoms. The zero-order chi connectivity index (χ0) is 28.5. The van der Waals surface area contributed by atoms with Crippen LogP contribution in [0.2, 0.25) is 0 Å². The number of nitrogens with two attached hydrogens (primary N) is 2. The summed E-state index contributed by atoms with van der Waals surface area (Å²) in [6.07, 6.45) is -0.933. The van der Waals surface area contributed by atoms with E-state index in [4.69, 9.17) is 16.9 Å². The van der Waals surface area contributed by atoms with E-state index in [2.05, 4.69) is 11.9 Å². The lowest BCUT2D eigenvalue weighted by atomic mass is 9.91. The minimum Gasteiger partial charge on any atom is -0.402 e. The molecule has 0 saturated carbocycles. The maximum Gasteiger partial charge on any atom is 0.401 e. The van der Waals surface area contributed by atoms with Crippen molar-refractivity contribution in [1.82, 2.24) is 9.80 Å². The average molecular weight is 539 g/mol. The molecule has 1 saturated heterocycles. The van der Waals surface area contributed by atoms with Crippen molar-refractivity contribution in [2.75, 3.05) is 30.7 Å². The number of nitrogens with one attached hydrogen (secondary N) is 2. The van der Waals surface area contributed by atoms with Gasteiger partial charge in [-0.05, 0) is 43.2 Å². The monoisotopic (exact) mass is 538 g/mol. The van der Waals surface area contributed by atoms with Crippen molar-refractivity contribution < 1.29 is 18.0 Å². The quantitative estimate of drug-likeness (QED) is 0.215. The highest BCUT2D eigenvalue weighted by atomic mass is 19.4. The molecule has 4 rings (SSSR count). The predicted molar refractivity (Wildman–Crippen MR) is 149 cm³/mol. The molecule has 6 N–H and O–H groups in total. The van der Waals surface area contributed by atoms with Crippen LogP contribution >= 0.6 is 0 Å². The first-order valence-electron chi connectivity index (χ1n) is 12.6. The van der Waals surface area contributed by atoms with Gasteiger partial charge in [0, 0.05) is 53.8 Å². The van der Waals surface area contributed by atoms with Crippen LogP contribution in [0, 0.1) is 5.41 Å². The molecule has 39 heavy (non-hydrogen) atoms. The number of likely N-dealkylation sites (tertiary alicyclic amines) is 1. The maximum absolute atomic E-state index is 13.3. The molecule has 0 aliphatic carbocycles. The topological polar surface area (TPSA) is 111 Å². The number of anilines is 2. The summed E-state index contributed by atoms with van der Waals surface area (Å²) in [5, 5.41) is 11.7. The molecule has 0 radical (unpaired) electrons. The van der Waals surface area contributed by atoms with E-state index in [9.17, 15) is 18.0 Å². The molecule has 0 spiro atoms. The summed E-state index contributed by atoms with van der Waals surface area (Å²) in [4.78, 5) is 16.2. The number of nitrogen functional groups attached to an aromatic ring is 1. The zero-order valence-electron chi connectivity index (χ0n) is 22.0. The van der Waals surface area contributed by atoms with Gasteiger partial charge in [0.05, 0.1) is 18.3 Å². The molecule has 2 amide bonds. The van der Waals surface area contributed by atoms with Gasteiger partial charge in [-0.3, -0.25) is 10.3 Å². The van der Waals surface area contributed by atoms with Crippen molar-refractivity contribution in [2.24, 2.45) is 5.73 Å². The number of alkyl halides is 3. The van der Waals surface area contributed by atoms with E-state index in [0.717, 1.165) is 11.1 Å². The third kappa shape index (κ3) is 6.51. The van der Waals surface area contributed by atoms with Gasteiger partial charge in [-0.1, -0.05) is 48.6 Å². The van der Waals surface area contributed by atoms with Gasteiger partial charge in [0.15, 0.2) is 0 Å². The Morgan fingerprint density at radius 3 is 2.49 bits per heavy atom. The second-order valence-corrected chi connectivity index (χ2v) is 10.3. The SMILES string of the molecule is C=C(C)/C=C(\C=C(\C)N)C(=N)c1cc2c(cc1N)NC(=O)N([C@@H]1CN(CC(F)(F)F)C[C@H]1c1ccccc1)C2. The molecule has 0 unspecified atom stereocenters. The first-order valence-corrected chi connectivity index (χ1v) is 12.6. The van der Waals surface area contributed by atoms with E-state index in [1.165, 1.54) is 4.90 Å². The van der Waals surface area contributed by atoms with Crippen molar-refractivity contribution in [3.8, 4) is 0 Å². The molecule has 2 aromatic carbocycles. The first kappa shape index (κ1) is 28.0. The van der Waals surface area contributed by atoms with Gasteiger partial charge in [-0.2, -0.15) is 13.2 Å². The predicted octanol–water partition coefficient (Wildman–Crippen LogP) is 5.38. The minimum atomic E-state index is -4.34. The number of fused-ring (bicyclic) bond motifs is 1.